The highest BCUT2D eigenvalue weighted by molar-refractivity contribution is 8.76. The van der Waals surface area contributed by atoms with Crippen LogP contribution in [0.1, 0.15) is 45.1 Å². The Morgan fingerprint density at radius 1 is 0.951 bits per heavy atom. The van der Waals surface area contributed by atoms with E-state index < -0.39 is 18.1 Å². The number of esters is 1. The number of nitrogens with one attached hydrogen (secondary N) is 5. The van der Waals surface area contributed by atoms with Gasteiger partial charge in [0.25, 0.3) is 0 Å². The predicted molar refractivity (Wildman–Crippen MR) is 165 cm³/mol. The van der Waals surface area contributed by atoms with E-state index in [0.29, 0.717) is 29.8 Å². The lowest BCUT2D eigenvalue weighted by Crippen LogP contribution is -2.47. The molecule has 1 saturated carbocycles. The van der Waals surface area contributed by atoms with Gasteiger partial charge in [0.15, 0.2) is 5.96 Å². The molecule has 1 atom stereocenters. The van der Waals surface area contributed by atoms with Gasteiger partial charge in [-0.15, -0.1) is 0 Å². The van der Waals surface area contributed by atoms with Gasteiger partial charge in [0.1, 0.15) is 19.3 Å². The number of hydrogen-bond donors (Lipinski definition) is 5. The van der Waals surface area contributed by atoms with E-state index in [4.69, 9.17) is 20.3 Å². The largest absolute Gasteiger partial charge is 0.463 e. The Balaban J connectivity index is 1.69. The molecule has 1 aromatic carbocycles. The van der Waals surface area contributed by atoms with Crippen LogP contribution in [0.5, 0.6) is 0 Å². The van der Waals surface area contributed by atoms with Crippen molar-refractivity contribution in [1.82, 2.24) is 20.9 Å². The maximum absolute atomic E-state index is 13.0. The van der Waals surface area contributed by atoms with Gasteiger partial charge in [0, 0.05) is 37.9 Å². The molecule has 0 saturated heterocycles. The Bertz CT molecular complexity index is 1000. The molecule has 0 heterocycles. The van der Waals surface area contributed by atoms with E-state index in [1.807, 2.05) is 30.3 Å². The molecule has 1 aliphatic rings. The van der Waals surface area contributed by atoms with Crippen molar-refractivity contribution in [3.63, 3.8) is 0 Å². The quantitative estimate of drug-likeness (QED) is 0.0738. The second-order valence-corrected chi connectivity index (χ2v) is 13.1. The van der Waals surface area contributed by atoms with E-state index in [1.54, 1.807) is 14.1 Å². The standard InChI is InChI=1S/C28H44N6O5S2/c1-19(2)21-10-12-22(13-11-21)24(35)31-23(18-20-8-6-5-7-9-20)25(36)38-14-16-40-41-17-15-39-28(37)33-26(29)32-27(30)34(3)4/h5-9,19,21-23H,10-18H2,1-4H3,(H,31,35)(H4,29,30,32,33,37)/t21-,22-,23?. The Morgan fingerprint density at radius 2 is 1.56 bits per heavy atom. The summed E-state index contributed by atoms with van der Waals surface area (Å²) in [4.78, 5) is 39.2. The van der Waals surface area contributed by atoms with Crippen molar-refractivity contribution >= 4 is 51.5 Å². The molecule has 2 rings (SSSR count). The fourth-order valence-corrected chi connectivity index (χ4v) is 6.00. The Kier molecular flexibility index (Phi) is 15.5. The molecule has 1 unspecified atom stereocenters. The van der Waals surface area contributed by atoms with Crippen molar-refractivity contribution in [2.24, 2.45) is 17.8 Å². The van der Waals surface area contributed by atoms with Crippen molar-refractivity contribution in [1.29, 1.82) is 10.8 Å². The lowest BCUT2D eigenvalue weighted by molar-refractivity contribution is -0.147. The number of alkyl carbamates (subject to hydrolysis) is 1. The minimum absolute atomic E-state index is 0.0410. The fourth-order valence-electron chi connectivity index (χ4n) is 4.34. The maximum atomic E-state index is 13.0. The van der Waals surface area contributed by atoms with Gasteiger partial charge < -0.3 is 19.7 Å². The summed E-state index contributed by atoms with van der Waals surface area (Å²) >= 11 is 0. The van der Waals surface area contributed by atoms with E-state index in [2.05, 4.69) is 29.8 Å². The number of ether oxygens (including phenoxy) is 2. The number of benzene rings is 1. The van der Waals surface area contributed by atoms with Gasteiger partial charge in [-0.05, 0) is 43.1 Å². The molecule has 0 aliphatic heterocycles. The number of amides is 2. The van der Waals surface area contributed by atoms with Crippen molar-refractivity contribution in [3.05, 3.63) is 35.9 Å². The minimum Gasteiger partial charge on any atom is -0.463 e. The number of guanidine groups is 2. The Morgan fingerprint density at radius 3 is 2.15 bits per heavy atom. The second kappa shape index (κ2) is 18.5. The molecular formula is C28H44N6O5S2. The SMILES string of the molecule is CC(C)[C@H]1CC[C@H](C(=O)NC(Cc2ccccc2)C(=O)OCCSSCCOC(=O)NC(=N)NC(=N)N(C)C)CC1. The molecule has 5 N–H and O–H groups in total. The second-order valence-electron chi connectivity index (χ2n) is 10.4. The summed E-state index contributed by atoms with van der Waals surface area (Å²) in [7, 11) is 6.22. The molecule has 1 fully saturated rings. The van der Waals surface area contributed by atoms with Crippen molar-refractivity contribution in [2.75, 3.05) is 38.8 Å². The topological polar surface area (TPSA) is 157 Å². The summed E-state index contributed by atoms with van der Waals surface area (Å²) in [5.41, 5.74) is 0.953. The summed E-state index contributed by atoms with van der Waals surface area (Å²) in [5, 5.41) is 22.8. The molecule has 11 nitrogen and oxygen atoms in total. The molecule has 2 amide bonds. The van der Waals surface area contributed by atoms with Gasteiger partial charge in [-0.3, -0.25) is 26.2 Å². The molecule has 41 heavy (non-hydrogen) atoms. The molecule has 1 aromatic rings. The molecule has 1 aliphatic carbocycles. The van der Waals surface area contributed by atoms with Crippen molar-refractivity contribution in [3.8, 4) is 0 Å². The van der Waals surface area contributed by atoms with Crippen LogP contribution in [0.15, 0.2) is 30.3 Å². The van der Waals surface area contributed by atoms with Crippen molar-refractivity contribution in [2.45, 2.75) is 52.0 Å². The molecule has 0 spiro atoms. The van der Waals surface area contributed by atoms with E-state index >= 15 is 0 Å². The maximum Gasteiger partial charge on any atom is 0.413 e. The molecular weight excluding hydrogens is 564 g/mol. The van der Waals surface area contributed by atoms with Crippen LogP contribution in [0.2, 0.25) is 0 Å². The van der Waals surface area contributed by atoms with Gasteiger partial charge in [-0.1, -0.05) is 65.8 Å². The number of rotatable bonds is 13. The summed E-state index contributed by atoms with van der Waals surface area (Å²) < 4.78 is 10.5. The number of carbonyl (C=O) groups excluding carboxylic acids is 3. The zero-order chi connectivity index (χ0) is 30.2. The minimum atomic E-state index is -0.784. The highest BCUT2D eigenvalue weighted by Crippen LogP contribution is 2.33. The van der Waals surface area contributed by atoms with E-state index in [9.17, 15) is 14.4 Å². The summed E-state index contributed by atoms with van der Waals surface area (Å²) in [6.45, 7) is 4.79. The Labute approximate surface area is 251 Å². The van der Waals surface area contributed by atoms with Crippen LogP contribution in [0.25, 0.3) is 0 Å². The monoisotopic (exact) mass is 608 g/mol. The zero-order valence-corrected chi connectivity index (χ0v) is 26.0. The van der Waals surface area contributed by atoms with E-state index in [1.165, 1.54) is 26.5 Å². The molecule has 0 radical (unpaired) electrons. The van der Waals surface area contributed by atoms with Gasteiger partial charge >= 0.3 is 12.1 Å². The average Bonchev–Trinajstić information content (AvgIpc) is 2.94. The molecule has 228 valence electrons. The lowest BCUT2D eigenvalue weighted by Gasteiger charge is -2.31. The van der Waals surface area contributed by atoms with Gasteiger partial charge in [0.05, 0.1) is 0 Å². The van der Waals surface area contributed by atoms with Gasteiger partial charge in [0.2, 0.25) is 11.9 Å². The van der Waals surface area contributed by atoms with Crippen LogP contribution >= 0.6 is 21.6 Å². The van der Waals surface area contributed by atoms with Crippen LogP contribution in [0, 0.1) is 28.6 Å². The van der Waals surface area contributed by atoms with Gasteiger partial charge in [-0.2, -0.15) is 0 Å². The third kappa shape index (κ3) is 13.5. The fraction of sp³-hybridized carbons (Fsp3) is 0.607. The first-order valence-electron chi connectivity index (χ1n) is 13.9. The molecule has 13 heteroatoms. The normalized spacial score (nSPS) is 17.2. The first-order chi connectivity index (χ1) is 19.6. The highest BCUT2D eigenvalue weighted by Gasteiger charge is 2.31. The highest BCUT2D eigenvalue weighted by atomic mass is 33.1. The predicted octanol–water partition coefficient (Wildman–Crippen LogP) is 3.85. The van der Waals surface area contributed by atoms with Crippen LogP contribution in [-0.4, -0.2) is 79.6 Å². The van der Waals surface area contributed by atoms with Crippen LogP contribution < -0.4 is 16.0 Å². The number of nitrogens with zero attached hydrogens (tertiary/aromatic N) is 1. The number of hydrogen-bond acceptors (Lipinski definition) is 9. The average molecular weight is 609 g/mol. The molecule has 0 aromatic heterocycles. The summed E-state index contributed by atoms with van der Waals surface area (Å²) in [5.74, 6) is 1.35. The first-order valence-corrected chi connectivity index (χ1v) is 16.4. The van der Waals surface area contributed by atoms with Crippen LogP contribution in [-0.2, 0) is 25.5 Å². The summed E-state index contributed by atoms with van der Waals surface area (Å²) in [6.07, 6.45) is 3.36. The van der Waals surface area contributed by atoms with Gasteiger partial charge in [-0.25, -0.2) is 9.59 Å². The first kappa shape index (κ1) is 34.3. The molecule has 0 bridgehead atoms. The van der Waals surface area contributed by atoms with E-state index in [-0.39, 0.29) is 37.0 Å². The van der Waals surface area contributed by atoms with Crippen LogP contribution in [0.4, 0.5) is 4.79 Å². The smallest absolute Gasteiger partial charge is 0.413 e. The van der Waals surface area contributed by atoms with E-state index in [0.717, 1.165) is 31.2 Å². The Hall–Kier alpha value is -2.93. The zero-order valence-electron chi connectivity index (χ0n) is 24.4. The summed E-state index contributed by atoms with van der Waals surface area (Å²) in [6, 6.07) is 8.86. The number of carbonyl (C=O) groups is 3. The third-order valence-corrected chi connectivity index (χ3v) is 9.11. The lowest BCUT2D eigenvalue weighted by atomic mass is 9.76. The third-order valence-electron chi connectivity index (χ3n) is 6.78. The van der Waals surface area contributed by atoms with Crippen LogP contribution in [0.3, 0.4) is 0 Å². The van der Waals surface area contributed by atoms with Crippen molar-refractivity contribution < 1.29 is 23.9 Å².